The molecule has 338 valence electrons. The zero-order chi connectivity index (χ0) is 44.2. The molecule has 0 radical (unpaired) electrons. The summed E-state index contributed by atoms with van der Waals surface area (Å²) in [4.78, 5) is 34.9. The molecule has 7 unspecified atom stereocenters. The summed E-state index contributed by atoms with van der Waals surface area (Å²) >= 11 is 0. The van der Waals surface area contributed by atoms with Crippen molar-refractivity contribution >= 4 is 17.9 Å². The van der Waals surface area contributed by atoms with E-state index in [9.17, 15) is 19.8 Å². The third-order valence-corrected chi connectivity index (χ3v) is 12.9. The second kappa shape index (κ2) is 22.1. The summed E-state index contributed by atoms with van der Waals surface area (Å²) in [6.45, 7) is 7.52. The molecular weight excluding hydrogens is 801 g/mol. The number of carbonyl (C=O) groups is 2. The van der Waals surface area contributed by atoms with Gasteiger partial charge in [0.2, 0.25) is 18.0 Å². The van der Waals surface area contributed by atoms with Gasteiger partial charge >= 0.3 is 0 Å². The first kappa shape index (κ1) is 46.0. The number of aliphatic hydroxyl groups excluding tert-OH is 2. The minimum Gasteiger partial charge on any atom is -0.497 e. The minimum atomic E-state index is -1.39. The zero-order valence-corrected chi connectivity index (χ0v) is 36.8. The third-order valence-electron chi connectivity index (χ3n) is 12.9. The van der Waals surface area contributed by atoms with Crippen molar-refractivity contribution in [3.05, 3.63) is 108 Å². The highest BCUT2D eigenvalue weighted by Crippen LogP contribution is 2.62. The number of aliphatic hydroxyl groups is 2. The topological polar surface area (TPSA) is 146 Å². The van der Waals surface area contributed by atoms with Crippen molar-refractivity contribution in [2.24, 2.45) is 22.9 Å². The lowest BCUT2D eigenvalue weighted by Gasteiger charge is -2.60. The first-order chi connectivity index (χ1) is 30.9. The van der Waals surface area contributed by atoms with Gasteiger partial charge in [-0.2, -0.15) is 0 Å². The summed E-state index contributed by atoms with van der Waals surface area (Å²) in [6, 6.07) is 19.9. The molecular formula is C51H64N2O10. The molecule has 4 aliphatic rings. The van der Waals surface area contributed by atoms with Crippen LogP contribution in [0.15, 0.2) is 96.2 Å². The van der Waals surface area contributed by atoms with Crippen LogP contribution in [0, 0.1) is 17.8 Å². The lowest BCUT2D eigenvalue weighted by atomic mass is 9.55. The Kier molecular flexibility index (Phi) is 16.1. The number of unbranched alkanes of at least 4 members (excludes halogenated alkanes) is 2. The second-order valence-electron chi connectivity index (χ2n) is 17.1. The van der Waals surface area contributed by atoms with Crippen LogP contribution in [0.3, 0.4) is 0 Å². The molecule has 0 aromatic heterocycles. The summed E-state index contributed by atoms with van der Waals surface area (Å²) in [5, 5.41) is 24.9. The molecule has 1 amide bonds. The van der Waals surface area contributed by atoms with E-state index in [1.807, 2.05) is 53.4 Å². The number of rotatable bonds is 22. The number of hydrogen-bond acceptors (Lipinski definition) is 11. The standard InChI is InChI=1S/C51H64N2O10/c1-4-23-53(47(57)30-35-14-12-17-38(28-35)58-3)46-33-44(52-63-48-20-8-11-27-59-48)42-31-37(16-6-9-24-54)41(19-7-10-25-55)49-43-32-40(61-39-18-13-15-36(29-39)34-56)21-22-45(43)62-51(46,50(42)49)60-26-5-2/h5,12-15,17-18,21-22,28-29,31-32,34,37,41,46,48-50,54-55H,2,4,6-11,16,19-20,23-27,30,33H2,1,3H3. The van der Waals surface area contributed by atoms with Crippen LogP contribution < -0.4 is 14.2 Å². The average molecular weight is 865 g/mol. The van der Waals surface area contributed by atoms with Crippen molar-refractivity contribution in [1.82, 2.24) is 4.90 Å². The van der Waals surface area contributed by atoms with E-state index >= 15 is 0 Å². The first-order valence-corrected chi connectivity index (χ1v) is 22.9. The van der Waals surface area contributed by atoms with Gasteiger partial charge in [-0.15, -0.1) is 6.58 Å². The van der Waals surface area contributed by atoms with Crippen LogP contribution in [-0.2, 0) is 25.5 Å². The van der Waals surface area contributed by atoms with E-state index < -0.39 is 24.0 Å². The van der Waals surface area contributed by atoms with Crippen LogP contribution in [0.2, 0.25) is 0 Å². The predicted molar refractivity (Wildman–Crippen MR) is 240 cm³/mol. The van der Waals surface area contributed by atoms with Gasteiger partial charge in [0.05, 0.1) is 38.4 Å². The van der Waals surface area contributed by atoms with Crippen molar-refractivity contribution in [1.29, 1.82) is 0 Å². The smallest absolute Gasteiger partial charge is 0.239 e. The van der Waals surface area contributed by atoms with Gasteiger partial charge in [0, 0.05) is 49.6 Å². The van der Waals surface area contributed by atoms with Crippen molar-refractivity contribution in [3.63, 3.8) is 0 Å². The Morgan fingerprint density at radius 3 is 2.52 bits per heavy atom. The van der Waals surface area contributed by atoms with Gasteiger partial charge in [-0.3, -0.25) is 9.59 Å². The van der Waals surface area contributed by atoms with E-state index in [0.717, 1.165) is 73.6 Å². The van der Waals surface area contributed by atoms with Gasteiger partial charge < -0.3 is 43.6 Å². The Morgan fingerprint density at radius 2 is 1.78 bits per heavy atom. The molecule has 12 heteroatoms. The molecule has 3 aromatic carbocycles. The minimum absolute atomic E-state index is 0.0432. The third kappa shape index (κ3) is 10.5. The highest BCUT2D eigenvalue weighted by atomic mass is 16.8. The summed E-state index contributed by atoms with van der Waals surface area (Å²) in [5.74, 6) is 0.376. The second-order valence-corrected chi connectivity index (χ2v) is 17.1. The Morgan fingerprint density at radius 1 is 0.984 bits per heavy atom. The van der Waals surface area contributed by atoms with Gasteiger partial charge in [-0.25, -0.2) is 0 Å². The summed E-state index contributed by atoms with van der Waals surface area (Å²) in [6.07, 6.45) is 12.7. The molecule has 1 saturated carbocycles. The van der Waals surface area contributed by atoms with Gasteiger partial charge in [0.15, 0.2) is 0 Å². The molecule has 12 nitrogen and oxygen atoms in total. The number of methoxy groups -OCH3 is 1. The predicted octanol–water partition coefficient (Wildman–Crippen LogP) is 8.94. The molecule has 2 fully saturated rings. The normalized spacial score (nSPS) is 25.5. The Labute approximate surface area is 371 Å². The van der Waals surface area contributed by atoms with Crippen molar-refractivity contribution < 1.29 is 48.3 Å². The maximum absolute atomic E-state index is 15.0. The number of carbonyl (C=O) groups excluding carboxylic acids is 2. The largest absolute Gasteiger partial charge is 0.497 e. The summed E-state index contributed by atoms with van der Waals surface area (Å²) in [5.41, 5.74) is 3.96. The average Bonchev–Trinajstić information content (AvgIpc) is 3.31. The van der Waals surface area contributed by atoms with E-state index in [4.69, 9.17) is 33.7 Å². The van der Waals surface area contributed by atoms with E-state index in [1.165, 1.54) is 0 Å². The van der Waals surface area contributed by atoms with Crippen LogP contribution in [0.4, 0.5) is 0 Å². The van der Waals surface area contributed by atoms with Crippen LogP contribution >= 0.6 is 0 Å². The Balaban J connectivity index is 1.43. The molecule has 7 rings (SSSR count). The van der Waals surface area contributed by atoms with E-state index in [1.54, 1.807) is 31.4 Å². The van der Waals surface area contributed by atoms with Gasteiger partial charge in [-0.1, -0.05) is 61.3 Å². The molecule has 1 saturated heterocycles. The number of nitrogens with zero attached hydrogens (tertiary/aromatic N) is 2. The number of fused-ring (bicyclic) bond motifs is 2. The van der Waals surface area contributed by atoms with Crippen molar-refractivity contribution in [2.45, 2.75) is 108 Å². The fraction of sp³-hybridized carbons (Fsp3) is 0.510. The highest BCUT2D eigenvalue weighted by molar-refractivity contribution is 6.03. The van der Waals surface area contributed by atoms with Crippen LogP contribution in [-0.4, -0.2) is 91.2 Å². The molecule has 2 heterocycles. The molecule has 0 spiro atoms. The quantitative estimate of drug-likeness (QED) is 0.0435. The maximum Gasteiger partial charge on any atom is 0.239 e. The van der Waals surface area contributed by atoms with E-state index in [0.29, 0.717) is 67.4 Å². The number of hydrogen-bond donors (Lipinski definition) is 2. The monoisotopic (exact) mass is 864 g/mol. The SMILES string of the molecule is C=CCOC12Oc3ccc(Oc4cccc(C=O)c4)cc3C3C(CCCCO)C(CCCCO)C=C(C(=NOC4CCCCO4)CC1N(CCC)C(=O)Cc1cccc(OC)c1)C32. The molecule has 3 aromatic rings. The Hall–Kier alpha value is -5.01. The molecule has 2 aliphatic carbocycles. The lowest BCUT2D eigenvalue weighted by Crippen LogP contribution is -2.70. The molecule has 0 bridgehead atoms. The van der Waals surface area contributed by atoms with Gasteiger partial charge in [-0.05, 0) is 110 Å². The Bertz CT molecular complexity index is 2080. The molecule has 63 heavy (non-hydrogen) atoms. The van der Waals surface area contributed by atoms with Crippen molar-refractivity contribution in [2.75, 3.05) is 40.1 Å². The number of amides is 1. The number of aldehydes is 1. The maximum atomic E-state index is 15.0. The van der Waals surface area contributed by atoms with Crippen LogP contribution in [0.25, 0.3) is 0 Å². The van der Waals surface area contributed by atoms with Crippen LogP contribution in [0.5, 0.6) is 23.0 Å². The lowest BCUT2D eigenvalue weighted by molar-refractivity contribution is -0.257. The molecule has 2 aliphatic heterocycles. The van der Waals surface area contributed by atoms with Gasteiger partial charge in [0.1, 0.15) is 35.3 Å². The summed E-state index contributed by atoms with van der Waals surface area (Å²) in [7, 11) is 1.62. The number of oxime groups is 1. The molecule has 7 atom stereocenters. The van der Waals surface area contributed by atoms with Crippen molar-refractivity contribution in [3.8, 4) is 23.0 Å². The fourth-order valence-corrected chi connectivity index (χ4v) is 10.2. The van der Waals surface area contributed by atoms with E-state index in [2.05, 4.69) is 19.6 Å². The highest BCUT2D eigenvalue weighted by Gasteiger charge is 2.65. The number of benzene rings is 3. The number of allylic oxidation sites excluding steroid dienone is 1. The van der Waals surface area contributed by atoms with Gasteiger partial charge in [0.25, 0.3) is 0 Å². The number of ether oxygens (including phenoxy) is 5. The fourth-order valence-electron chi connectivity index (χ4n) is 10.2. The van der Waals surface area contributed by atoms with E-state index in [-0.39, 0.29) is 49.9 Å². The first-order valence-electron chi connectivity index (χ1n) is 22.9. The zero-order valence-electron chi connectivity index (χ0n) is 36.8. The summed E-state index contributed by atoms with van der Waals surface area (Å²) < 4.78 is 32.5. The van der Waals surface area contributed by atoms with Crippen LogP contribution in [0.1, 0.15) is 105 Å². The molecule has 2 N–H and O–H groups in total.